The minimum atomic E-state index is -0.741. The fourth-order valence-electron chi connectivity index (χ4n) is 6.25. The third kappa shape index (κ3) is 4.29. The first-order valence-electron chi connectivity index (χ1n) is 13.4. The van der Waals surface area contributed by atoms with Crippen LogP contribution in [0.1, 0.15) is 77.4 Å². The van der Waals surface area contributed by atoms with Crippen molar-refractivity contribution in [2.24, 2.45) is 5.92 Å². The van der Waals surface area contributed by atoms with E-state index in [1.807, 2.05) is 11.5 Å². The summed E-state index contributed by atoms with van der Waals surface area (Å²) in [6.45, 7) is 3.32. The average molecular weight is 485 g/mol. The van der Waals surface area contributed by atoms with Gasteiger partial charge in [0.25, 0.3) is 5.91 Å². The van der Waals surface area contributed by atoms with E-state index in [9.17, 15) is 4.79 Å². The standard InChI is InChI=1S/C25H36N6O4/c1-2-26-23(32)19-18-20(35-25(34-18)11-7-4-8-12-25)24(33-19)31-15-30-17-21(28-14-29-22(17)31)27-13-16-9-5-3-6-10-16/h14-16,18-20,24H,2-13H2,1H3,(H,26,32)(H,27,28,29)/t18-,19+,20-,24-/m1/s1. The summed E-state index contributed by atoms with van der Waals surface area (Å²) < 4.78 is 21.2. The van der Waals surface area contributed by atoms with E-state index in [0.717, 1.165) is 38.0 Å². The number of carbonyl (C=O) groups is 1. The number of nitrogens with zero attached hydrogens (tertiary/aromatic N) is 4. The Bertz CT molecular complexity index is 1050. The van der Waals surface area contributed by atoms with Crippen molar-refractivity contribution in [1.82, 2.24) is 24.8 Å². The van der Waals surface area contributed by atoms with Crippen LogP contribution in [0.4, 0.5) is 5.82 Å². The lowest BCUT2D eigenvalue weighted by atomic mass is 9.89. The van der Waals surface area contributed by atoms with Gasteiger partial charge in [-0.25, -0.2) is 15.0 Å². The molecule has 4 fully saturated rings. The normalized spacial score (nSPS) is 30.5. The first-order valence-corrected chi connectivity index (χ1v) is 13.4. The SMILES string of the molecule is CCNC(=O)[C@H]1O[C@@H](n2cnc3c(NCC4CCCCC4)ncnc32)[C@@H]2OC3(CCCCC3)O[C@@H]21. The van der Waals surface area contributed by atoms with Gasteiger partial charge in [0.15, 0.2) is 35.1 Å². The molecule has 2 aliphatic heterocycles. The highest BCUT2D eigenvalue weighted by Crippen LogP contribution is 2.49. The van der Waals surface area contributed by atoms with Crippen molar-refractivity contribution in [3.8, 4) is 0 Å². The molecule has 2 saturated heterocycles. The van der Waals surface area contributed by atoms with Crippen LogP contribution >= 0.6 is 0 Å². The molecule has 2 N–H and O–H groups in total. The number of amides is 1. The van der Waals surface area contributed by atoms with Crippen LogP contribution < -0.4 is 10.6 Å². The van der Waals surface area contributed by atoms with Crippen LogP contribution in [0.2, 0.25) is 0 Å². The van der Waals surface area contributed by atoms with E-state index in [2.05, 4.69) is 25.6 Å². The van der Waals surface area contributed by atoms with Gasteiger partial charge in [0.2, 0.25) is 0 Å². The molecule has 1 spiro atoms. The Morgan fingerprint density at radius 1 is 1.06 bits per heavy atom. The van der Waals surface area contributed by atoms with Crippen molar-refractivity contribution in [3.63, 3.8) is 0 Å². The molecule has 10 nitrogen and oxygen atoms in total. The molecule has 4 heterocycles. The summed E-state index contributed by atoms with van der Waals surface area (Å²) in [5.74, 6) is 0.610. The number of rotatable bonds is 6. The summed E-state index contributed by atoms with van der Waals surface area (Å²) in [6.07, 6.45) is 12.6. The van der Waals surface area contributed by atoms with Crippen molar-refractivity contribution in [3.05, 3.63) is 12.7 Å². The Morgan fingerprint density at radius 3 is 2.63 bits per heavy atom. The van der Waals surface area contributed by atoms with E-state index >= 15 is 0 Å². The van der Waals surface area contributed by atoms with Crippen LogP contribution in [-0.2, 0) is 19.0 Å². The largest absolute Gasteiger partial charge is 0.368 e. The van der Waals surface area contributed by atoms with E-state index in [1.165, 1.54) is 38.5 Å². The minimum Gasteiger partial charge on any atom is -0.368 e. The number of imidazole rings is 1. The highest BCUT2D eigenvalue weighted by molar-refractivity contribution is 5.83. The van der Waals surface area contributed by atoms with E-state index in [-0.39, 0.29) is 5.91 Å². The molecule has 0 unspecified atom stereocenters. The molecule has 2 aromatic rings. The number of likely N-dealkylation sites (N-methyl/N-ethyl adjacent to an activating group) is 1. The second kappa shape index (κ2) is 9.63. The second-order valence-electron chi connectivity index (χ2n) is 10.4. The molecule has 190 valence electrons. The van der Waals surface area contributed by atoms with Crippen molar-refractivity contribution in [2.75, 3.05) is 18.4 Å². The third-order valence-corrected chi connectivity index (χ3v) is 8.03. The van der Waals surface area contributed by atoms with Gasteiger partial charge in [-0.3, -0.25) is 9.36 Å². The topological polar surface area (TPSA) is 112 Å². The predicted molar refractivity (Wildman–Crippen MR) is 129 cm³/mol. The lowest BCUT2D eigenvalue weighted by Gasteiger charge is -2.34. The first-order chi connectivity index (χ1) is 17.2. The quantitative estimate of drug-likeness (QED) is 0.642. The highest BCUT2D eigenvalue weighted by Gasteiger charge is 2.60. The van der Waals surface area contributed by atoms with Gasteiger partial charge in [0, 0.05) is 25.9 Å². The molecule has 0 radical (unpaired) electrons. The zero-order valence-electron chi connectivity index (χ0n) is 20.4. The summed E-state index contributed by atoms with van der Waals surface area (Å²) in [5, 5.41) is 6.40. The number of nitrogens with one attached hydrogen (secondary N) is 2. The van der Waals surface area contributed by atoms with Crippen LogP contribution in [-0.4, -0.2) is 62.6 Å². The molecule has 0 aromatic carbocycles. The molecule has 2 saturated carbocycles. The molecule has 4 aliphatic rings. The van der Waals surface area contributed by atoms with Gasteiger partial charge >= 0.3 is 0 Å². The lowest BCUT2D eigenvalue weighted by Crippen LogP contribution is -2.43. The lowest BCUT2D eigenvalue weighted by molar-refractivity contribution is -0.229. The van der Waals surface area contributed by atoms with Gasteiger partial charge in [-0.05, 0) is 38.5 Å². The Morgan fingerprint density at radius 2 is 1.83 bits per heavy atom. The van der Waals surface area contributed by atoms with Crippen molar-refractivity contribution < 1.29 is 19.0 Å². The predicted octanol–water partition coefficient (Wildman–Crippen LogP) is 3.30. The summed E-state index contributed by atoms with van der Waals surface area (Å²) in [7, 11) is 0. The van der Waals surface area contributed by atoms with E-state index < -0.39 is 30.3 Å². The molecular weight excluding hydrogens is 448 g/mol. The van der Waals surface area contributed by atoms with Crippen LogP contribution in [0.15, 0.2) is 12.7 Å². The van der Waals surface area contributed by atoms with Gasteiger partial charge in [0.05, 0.1) is 6.33 Å². The van der Waals surface area contributed by atoms with Gasteiger partial charge in [-0.15, -0.1) is 0 Å². The van der Waals surface area contributed by atoms with Crippen LogP contribution in [0.5, 0.6) is 0 Å². The van der Waals surface area contributed by atoms with Crippen molar-refractivity contribution >= 4 is 22.9 Å². The van der Waals surface area contributed by atoms with Gasteiger partial charge in [-0.1, -0.05) is 25.7 Å². The second-order valence-corrected chi connectivity index (χ2v) is 10.4. The maximum absolute atomic E-state index is 12.9. The maximum Gasteiger partial charge on any atom is 0.252 e. The third-order valence-electron chi connectivity index (χ3n) is 8.03. The Labute approximate surface area is 205 Å². The highest BCUT2D eigenvalue weighted by atomic mass is 16.8. The molecule has 2 aliphatic carbocycles. The van der Waals surface area contributed by atoms with Crippen LogP contribution in [0.25, 0.3) is 11.2 Å². The molecule has 4 atom stereocenters. The Hall–Kier alpha value is -2.30. The summed E-state index contributed by atoms with van der Waals surface area (Å²) in [5.41, 5.74) is 1.37. The van der Waals surface area contributed by atoms with E-state index in [0.29, 0.717) is 23.6 Å². The van der Waals surface area contributed by atoms with Crippen LogP contribution in [0.3, 0.4) is 0 Å². The first kappa shape index (κ1) is 23.1. The average Bonchev–Trinajstić information content (AvgIpc) is 3.56. The number of aromatic nitrogens is 4. The number of fused-ring (bicyclic) bond motifs is 2. The number of anilines is 1. The Balaban J connectivity index is 1.27. The number of carbonyl (C=O) groups excluding carboxylic acids is 1. The fourth-order valence-corrected chi connectivity index (χ4v) is 6.25. The zero-order chi connectivity index (χ0) is 23.8. The smallest absolute Gasteiger partial charge is 0.252 e. The monoisotopic (exact) mass is 484 g/mol. The maximum atomic E-state index is 12.9. The molecule has 0 bridgehead atoms. The number of hydrogen-bond acceptors (Lipinski definition) is 8. The van der Waals surface area contributed by atoms with E-state index in [1.54, 1.807) is 12.7 Å². The summed E-state index contributed by atoms with van der Waals surface area (Å²) in [6, 6.07) is 0. The molecule has 2 aromatic heterocycles. The van der Waals surface area contributed by atoms with Crippen LogP contribution in [0, 0.1) is 5.92 Å². The van der Waals surface area contributed by atoms with E-state index in [4.69, 9.17) is 14.2 Å². The summed E-state index contributed by atoms with van der Waals surface area (Å²) >= 11 is 0. The molecule has 1 amide bonds. The molecule has 6 rings (SSSR count). The fraction of sp³-hybridized carbons (Fsp3) is 0.760. The van der Waals surface area contributed by atoms with Gasteiger partial charge in [-0.2, -0.15) is 0 Å². The van der Waals surface area contributed by atoms with Gasteiger partial charge < -0.3 is 24.8 Å². The Kier molecular flexibility index (Phi) is 6.36. The van der Waals surface area contributed by atoms with Crippen molar-refractivity contribution in [1.29, 1.82) is 0 Å². The minimum absolute atomic E-state index is 0.171. The molecular formula is C25H36N6O4. The number of ether oxygens (including phenoxy) is 3. The molecule has 35 heavy (non-hydrogen) atoms. The summed E-state index contributed by atoms with van der Waals surface area (Å²) in [4.78, 5) is 26.6. The molecule has 10 heteroatoms. The zero-order valence-corrected chi connectivity index (χ0v) is 20.4. The van der Waals surface area contributed by atoms with Crippen molar-refractivity contribution in [2.45, 2.75) is 101 Å². The van der Waals surface area contributed by atoms with Gasteiger partial charge in [0.1, 0.15) is 18.5 Å². The number of hydrogen-bond donors (Lipinski definition) is 2.